The first-order valence-corrected chi connectivity index (χ1v) is 8.05. The number of unbranched alkanes of at least 4 members (excludes halogenated alkanes) is 4. The second-order valence-corrected chi connectivity index (χ2v) is 5.85. The molecular weight excluding hydrogens is 206 g/mol. The van der Waals surface area contributed by atoms with Gasteiger partial charge in [0.1, 0.15) is 0 Å². The molecule has 17 heavy (non-hydrogen) atoms. The van der Waals surface area contributed by atoms with Crippen LogP contribution in [0, 0.1) is 5.92 Å². The summed E-state index contributed by atoms with van der Waals surface area (Å²) in [6.07, 6.45) is 17.3. The van der Waals surface area contributed by atoms with Crippen LogP contribution in [0.15, 0.2) is 0 Å². The van der Waals surface area contributed by atoms with Crippen molar-refractivity contribution in [3.05, 3.63) is 0 Å². The summed E-state index contributed by atoms with van der Waals surface area (Å²) in [5, 5.41) is 3.59. The highest BCUT2D eigenvalue weighted by Gasteiger charge is 2.20. The third-order valence-corrected chi connectivity index (χ3v) is 4.46. The van der Waals surface area contributed by atoms with Gasteiger partial charge in [-0.15, -0.1) is 0 Å². The summed E-state index contributed by atoms with van der Waals surface area (Å²) in [5.41, 5.74) is 0. The maximum atomic E-state index is 3.59. The quantitative estimate of drug-likeness (QED) is 0.469. The molecule has 0 aromatic carbocycles. The van der Waals surface area contributed by atoms with E-state index in [1.54, 1.807) is 0 Å². The zero-order valence-corrected chi connectivity index (χ0v) is 12.1. The van der Waals surface area contributed by atoms with E-state index >= 15 is 0 Å². The van der Waals surface area contributed by atoms with Crippen LogP contribution in [0.5, 0.6) is 0 Å². The van der Waals surface area contributed by atoms with E-state index in [1.165, 1.54) is 77.0 Å². The van der Waals surface area contributed by atoms with E-state index in [4.69, 9.17) is 0 Å². The highest BCUT2D eigenvalue weighted by molar-refractivity contribution is 4.77. The minimum atomic E-state index is 0.801. The van der Waals surface area contributed by atoms with Crippen molar-refractivity contribution in [3.63, 3.8) is 0 Å². The molecule has 1 saturated carbocycles. The SMILES string of the molecule is CCCCCCCC(NC)C1CCCCCC1. The fourth-order valence-electron chi connectivity index (χ4n) is 3.30. The Morgan fingerprint density at radius 1 is 0.941 bits per heavy atom. The van der Waals surface area contributed by atoms with Gasteiger partial charge in [-0.3, -0.25) is 0 Å². The Hall–Kier alpha value is -0.0400. The van der Waals surface area contributed by atoms with E-state index in [0.717, 1.165) is 12.0 Å². The summed E-state index contributed by atoms with van der Waals surface area (Å²) in [6.45, 7) is 2.29. The molecule has 1 rings (SSSR count). The first-order valence-electron chi connectivity index (χ1n) is 8.05. The zero-order chi connectivity index (χ0) is 12.3. The maximum absolute atomic E-state index is 3.59. The largest absolute Gasteiger partial charge is 0.317 e. The fraction of sp³-hybridized carbons (Fsp3) is 1.00. The van der Waals surface area contributed by atoms with Crippen LogP contribution in [0.1, 0.15) is 84.0 Å². The van der Waals surface area contributed by atoms with Gasteiger partial charge < -0.3 is 5.32 Å². The highest BCUT2D eigenvalue weighted by Crippen LogP contribution is 2.27. The van der Waals surface area contributed by atoms with E-state index in [9.17, 15) is 0 Å². The van der Waals surface area contributed by atoms with Gasteiger partial charge in [0.05, 0.1) is 0 Å². The molecule has 0 aromatic heterocycles. The molecule has 0 spiro atoms. The second kappa shape index (κ2) is 9.94. The molecule has 1 fully saturated rings. The number of hydrogen-bond acceptors (Lipinski definition) is 1. The third-order valence-electron chi connectivity index (χ3n) is 4.46. The van der Waals surface area contributed by atoms with Crippen LogP contribution in [0.2, 0.25) is 0 Å². The van der Waals surface area contributed by atoms with Gasteiger partial charge in [0.15, 0.2) is 0 Å². The molecule has 0 saturated heterocycles. The first kappa shape index (κ1) is 15.0. The van der Waals surface area contributed by atoms with Crippen molar-refractivity contribution in [1.82, 2.24) is 5.32 Å². The van der Waals surface area contributed by atoms with Gasteiger partial charge in [0, 0.05) is 6.04 Å². The monoisotopic (exact) mass is 239 g/mol. The van der Waals surface area contributed by atoms with E-state index in [-0.39, 0.29) is 0 Å². The van der Waals surface area contributed by atoms with E-state index in [2.05, 4.69) is 19.3 Å². The number of hydrogen-bond donors (Lipinski definition) is 1. The summed E-state index contributed by atoms with van der Waals surface area (Å²) in [5.74, 6) is 0.966. The van der Waals surface area contributed by atoms with E-state index < -0.39 is 0 Å². The molecule has 0 heterocycles. The molecule has 102 valence electrons. The molecule has 1 aliphatic carbocycles. The van der Waals surface area contributed by atoms with Crippen LogP contribution in [-0.2, 0) is 0 Å². The molecule has 1 aliphatic rings. The molecule has 1 N–H and O–H groups in total. The lowest BCUT2D eigenvalue weighted by Crippen LogP contribution is -2.33. The Morgan fingerprint density at radius 3 is 2.18 bits per heavy atom. The normalized spacial score (nSPS) is 20.1. The van der Waals surface area contributed by atoms with Crippen LogP contribution in [0.3, 0.4) is 0 Å². The van der Waals surface area contributed by atoms with Gasteiger partial charge in [-0.05, 0) is 32.2 Å². The van der Waals surface area contributed by atoms with Crippen LogP contribution in [-0.4, -0.2) is 13.1 Å². The summed E-state index contributed by atoms with van der Waals surface area (Å²) >= 11 is 0. The summed E-state index contributed by atoms with van der Waals surface area (Å²) in [6, 6.07) is 0.801. The second-order valence-electron chi connectivity index (χ2n) is 5.85. The number of rotatable bonds is 8. The lowest BCUT2D eigenvalue weighted by molar-refractivity contribution is 0.311. The van der Waals surface area contributed by atoms with Gasteiger partial charge >= 0.3 is 0 Å². The van der Waals surface area contributed by atoms with Crippen molar-refractivity contribution >= 4 is 0 Å². The van der Waals surface area contributed by atoms with Crippen molar-refractivity contribution in [3.8, 4) is 0 Å². The van der Waals surface area contributed by atoms with Gasteiger partial charge in [-0.1, -0.05) is 64.7 Å². The molecule has 0 amide bonds. The van der Waals surface area contributed by atoms with Gasteiger partial charge in [-0.2, -0.15) is 0 Å². The lowest BCUT2D eigenvalue weighted by atomic mass is 9.88. The Bertz CT molecular complexity index is 159. The van der Waals surface area contributed by atoms with Crippen molar-refractivity contribution < 1.29 is 0 Å². The van der Waals surface area contributed by atoms with Crippen molar-refractivity contribution in [2.75, 3.05) is 7.05 Å². The van der Waals surface area contributed by atoms with Crippen LogP contribution in [0.25, 0.3) is 0 Å². The molecule has 1 nitrogen and oxygen atoms in total. The molecule has 0 aromatic rings. The summed E-state index contributed by atoms with van der Waals surface area (Å²) < 4.78 is 0. The number of nitrogens with one attached hydrogen (secondary N) is 1. The predicted octanol–water partition coefficient (Wildman–Crippen LogP) is 4.91. The highest BCUT2D eigenvalue weighted by atomic mass is 14.9. The Morgan fingerprint density at radius 2 is 1.59 bits per heavy atom. The molecule has 1 unspecified atom stereocenters. The average molecular weight is 239 g/mol. The van der Waals surface area contributed by atoms with Gasteiger partial charge in [0.25, 0.3) is 0 Å². The molecule has 1 atom stereocenters. The molecular formula is C16H33N. The summed E-state index contributed by atoms with van der Waals surface area (Å²) in [4.78, 5) is 0. The van der Waals surface area contributed by atoms with Crippen LogP contribution >= 0.6 is 0 Å². The fourth-order valence-corrected chi connectivity index (χ4v) is 3.30. The maximum Gasteiger partial charge on any atom is 0.00923 e. The minimum absolute atomic E-state index is 0.801. The van der Waals surface area contributed by atoms with Crippen molar-refractivity contribution in [1.29, 1.82) is 0 Å². The predicted molar refractivity (Wildman–Crippen MR) is 77.4 cm³/mol. The Labute approximate surface area is 109 Å². The van der Waals surface area contributed by atoms with Gasteiger partial charge in [0.2, 0.25) is 0 Å². The smallest absolute Gasteiger partial charge is 0.00923 e. The van der Waals surface area contributed by atoms with E-state index in [1.807, 2.05) is 0 Å². The van der Waals surface area contributed by atoms with Crippen LogP contribution < -0.4 is 5.32 Å². The summed E-state index contributed by atoms with van der Waals surface area (Å²) in [7, 11) is 2.17. The topological polar surface area (TPSA) is 12.0 Å². The Kier molecular flexibility index (Phi) is 8.78. The lowest BCUT2D eigenvalue weighted by Gasteiger charge is -2.25. The zero-order valence-electron chi connectivity index (χ0n) is 12.1. The minimum Gasteiger partial charge on any atom is -0.317 e. The molecule has 0 bridgehead atoms. The first-order chi connectivity index (χ1) is 8.38. The van der Waals surface area contributed by atoms with Crippen LogP contribution in [0.4, 0.5) is 0 Å². The molecule has 1 heteroatoms. The van der Waals surface area contributed by atoms with E-state index in [0.29, 0.717) is 0 Å². The molecule has 0 radical (unpaired) electrons. The Balaban J connectivity index is 2.16. The third kappa shape index (κ3) is 6.45. The standard InChI is InChI=1S/C16H33N/c1-3-4-5-6-11-14-16(17-2)15-12-9-7-8-10-13-15/h15-17H,3-14H2,1-2H3. The molecule has 0 aliphatic heterocycles. The van der Waals surface area contributed by atoms with Crippen molar-refractivity contribution in [2.24, 2.45) is 5.92 Å². The average Bonchev–Trinajstić information content (AvgIpc) is 2.63. The van der Waals surface area contributed by atoms with Crippen molar-refractivity contribution in [2.45, 2.75) is 90.0 Å². The van der Waals surface area contributed by atoms with Gasteiger partial charge in [-0.25, -0.2) is 0 Å².